The van der Waals surface area contributed by atoms with Crippen molar-refractivity contribution in [1.82, 2.24) is 4.90 Å². The van der Waals surface area contributed by atoms with Gasteiger partial charge in [0, 0.05) is 26.2 Å². The topological polar surface area (TPSA) is 69.9 Å². The van der Waals surface area contributed by atoms with Crippen molar-refractivity contribution >= 4 is 23.0 Å². The van der Waals surface area contributed by atoms with E-state index in [9.17, 15) is 14.5 Å². The first-order valence-electron chi connectivity index (χ1n) is 6.74. The normalized spacial score (nSPS) is 16.8. The van der Waals surface area contributed by atoms with Gasteiger partial charge in [0.25, 0.3) is 5.69 Å². The molecule has 21 heavy (non-hydrogen) atoms. The van der Waals surface area contributed by atoms with E-state index in [0.717, 1.165) is 19.0 Å². The van der Waals surface area contributed by atoms with Crippen LogP contribution in [-0.4, -0.2) is 54.3 Å². The van der Waals surface area contributed by atoms with Crippen molar-refractivity contribution in [2.24, 2.45) is 0 Å². The van der Waals surface area contributed by atoms with Crippen LogP contribution in [0.15, 0.2) is 12.1 Å². The summed E-state index contributed by atoms with van der Waals surface area (Å²) in [6.45, 7) is 3.38. The summed E-state index contributed by atoms with van der Waals surface area (Å²) in [4.78, 5) is 14.5. The Morgan fingerprint density at radius 1 is 1.33 bits per heavy atom. The second-order valence-electron chi connectivity index (χ2n) is 4.92. The second-order valence-corrected chi connectivity index (χ2v) is 5.33. The summed E-state index contributed by atoms with van der Waals surface area (Å²) < 4.78 is 13.4. The van der Waals surface area contributed by atoms with Crippen LogP contribution in [-0.2, 0) is 0 Å². The lowest BCUT2D eigenvalue weighted by atomic mass is 10.2. The molecule has 116 valence electrons. The number of rotatable bonds is 4. The molecule has 6 nitrogen and oxygen atoms in total. The van der Waals surface area contributed by atoms with Crippen LogP contribution in [0.3, 0.4) is 0 Å². The first kappa shape index (κ1) is 15.9. The molecule has 0 spiro atoms. The van der Waals surface area contributed by atoms with Gasteiger partial charge in [0.05, 0.1) is 22.6 Å². The van der Waals surface area contributed by atoms with Gasteiger partial charge in [-0.05, 0) is 19.0 Å². The lowest BCUT2D eigenvalue weighted by molar-refractivity contribution is -0.384. The molecule has 0 atom stereocenters. The predicted octanol–water partition coefficient (Wildman–Crippen LogP) is 1.89. The molecule has 0 amide bonds. The van der Waals surface area contributed by atoms with Gasteiger partial charge in [0.15, 0.2) is 0 Å². The van der Waals surface area contributed by atoms with E-state index in [0.29, 0.717) is 31.9 Å². The van der Waals surface area contributed by atoms with Crippen molar-refractivity contribution in [2.75, 3.05) is 44.2 Å². The van der Waals surface area contributed by atoms with Crippen molar-refractivity contribution in [3.63, 3.8) is 0 Å². The number of β-amino-alcohol motifs (C(OH)–C–C–N with tert-alkyl or cyclic N) is 1. The molecule has 0 unspecified atom stereocenters. The molecule has 0 aliphatic carbocycles. The summed E-state index contributed by atoms with van der Waals surface area (Å²) >= 11 is 5.76. The minimum absolute atomic E-state index is 0.0858. The molecule has 1 aliphatic rings. The maximum Gasteiger partial charge on any atom is 0.295 e. The Labute approximate surface area is 126 Å². The van der Waals surface area contributed by atoms with E-state index in [1.165, 1.54) is 6.07 Å². The lowest BCUT2D eigenvalue weighted by Gasteiger charge is -2.23. The highest BCUT2D eigenvalue weighted by Gasteiger charge is 2.24. The zero-order valence-corrected chi connectivity index (χ0v) is 12.2. The summed E-state index contributed by atoms with van der Waals surface area (Å²) in [6, 6.07) is 2.19. The summed E-state index contributed by atoms with van der Waals surface area (Å²) in [5.41, 5.74) is 0.0738. The molecular formula is C13H17ClFN3O3. The van der Waals surface area contributed by atoms with Crippen LogP contribution in [0.25, 0.3) is 0 Å². The summed E-state index contributed by atoms with van der Waals surface area (Å²) in [6.07, 6.45) is 0.812. The fourth-order valence-electron chi connectivity index (χ4n) is 2.50. The van der Waals surface area contributed by atoms with Gasteiger partial charge in [-0.2, -0.15) is 0 Å². The molecule has 0 saturated carbocycles. The standard InChI is InChI=1S/C13H17ClFN3O3/c14-10-8-12(13(18(20)21)9-11(10)15)17-3-1-2-16(4-5-17)6-7-19/h8-9,19H,1-7H2. The Kier molecular flexibility index (Phi) is 5.33. The molecule has 2 rings (SSSR count). The van der Waals surface area contributed by atoms with Gasteiger partial charge in [-0.1, -0.05) is 11.6 Å². The fraction of sp³-hybridized carbons (Fsp3) is 0.538. The monoisotopic (exact) mass is 317 g/mol. The first-order chi connectivity index (χ1) is 10.0. The quantitative estimate of drug-likeness (QED) is 0.678. The van der Waals surface area contributed by atoms with Gasteiger partial charge in [0.1, 0.15) is 11.5 Å². The summed E-state index contributed by atoms with van der Waals surface area (Å²) in [7, 11) is 0. The molecule has 1 fully saturated rings. The molecule has 8 heteroatoms. The van der Waals surface area contributed by atoms with E-state index in [1.54, 1.807) is 0 Å². The fourth-order valence-corrected chi connectivity index (χ4v) is 2.66. The number of anilines is 1. The number of hydrogen-bond acceptors (Lipinski definition) is 5. The van der Waals surface area contributed by atoms with Crippen LogP contribution in [0.4, 0.5) is 15.8 Å². The third kappa shape index (κ3) is 3.81. The second kappa shape index (κ2) is 7.02. The van der Waals surface area contributed by atoms with Gasteiger partial charge in [-0.15, -0.1) is 0 Å². The van der Waals surface area contributed by atoms with Crippen LogP contribution in [0.1, 0.15) is 6.42 Å². The molecule has 1 aromatic rings. The van der Waals surface area contributed by atoms with Crippen molar-refractivity contribution in [1.29, 1.82) is 0 Å². The number of aliphatic hydroxyl groups excluding tert-OH is 1. The zero-order valence-electron chi connectivity index (χ0n) is 11.5. The third-order valence-electron chi connectivity index (χ3n) is 3.56. The Hall–Kier alpha value is -1.44. The smallest absolute Gasteiger partial charge is 0.295 e. The zero-order chi connectivity index (χ0) is 15.4. The Balaban J connectivity index is 2.24. The van der Waals surface area contributed by atoms with E-state index in [4.69, 9.17) is 16.7 Å². The Bertz CT molecular complexity index is 530. The molecule has 0 bridgehead atoms. The Morgan fingerprint density at radius 3 is 2.76 bits per heavy atom. The van der Waals surface area contributed by atoms with Crippen molar-refractivity contribution in [2.45, 2.75) is 6.42 Å². The number of nitro benzene ring substituents is 1. The number of nitro groups is 1. The number of hydrogen-bond donors (Lipinski definition) is 1. The summed E-state index contributed by atoms with van der Waals surface area (Å²) in [5, 5.41) is 20.0. The number of benzene rings is 1. The number of halogens is 2. The average Bonchev–Trinajstić information content (AvgIpc) is 2.67. The highest BCUT2D eigenvalue weighted by molar-refractivity contribution is 6.31. The van der Waals surface area contributed by atoms with Crippen LogP contribution in [0.2, 0.25) is 5.02 Å². The molecule has 0 aromatic heterocycles. The summed E-state index contributed by atoms with van der Waals surface area (Å²) in [5.74, 6) is -0.788. The maximum absolute atomic E-state index is 13.4. The van der Waals surface area contributed by atoms with Crippen LogP contribution in [0.5, 0.6) is 0 Å². The van der Waals surface area contributed by atoms with Crippen LogP contribution >= 0.6 is 11.6 Å². The van der Waals surface area contributed by atoms with Gasteiger partial charge in [-0.25, -0.2) is 4.39 Å². The van der Waals surface area contributed by atoms with Gasteiger partial charge in [-0.3, -0.25) is 15.0 Å². The van der Waals surface area contributed by atoms with Gasteiger partial charge < -0.3 is 10.0 Å². The average molecular weight is 318 g/mol. The third-order valence-corrected chi connectivity index (χ3v) is 3.85. The minimum atomic E-state index is -0.788. The molecule has 1 N–H and O–H groups in total. The highest BCUT2D eigenvalue weighted by atomic mass is 35.5. The molecule has 1 aliphatic heterocycles. The van der Waals surface area contributed by atoms with Crippen molar-refractivity contribution in [3.05, 3.63) is 33.1 Å². The SMILES string of the molecule is O=[N+]([O-])c1cc(F)c(Cl)cc1N1CCCN(CCO)CC1. The van der Waals surface area contributed by atoms with Crippen molar-refractivity contribution in [3.8, 4) is 0 Å². The minimum Gasteiger partial charge on any atom is -0.395 e. The van der Waals surface area contributed by atoms with E-state index < -0.39 is 10.7 Å². The molecule has 1 heterocycles. The maximum atomic E-state index is 13.4. The van der Waals surface area contributed by atoms with Crippen molar-refractivity contribution < 1.29 is 14.4 Å². The predicted molar refractivity (Wildman–Crippen MR) is 78.4 cm³/mol. The number of nitrogens with zero attached hydrogens (tertiary/aromatic N) is 3. The van der Waals surface area contributed by atoms with E-state index in [2.05, 4.69) is 4.90 Å². The molecular weight excluding hydrogens is 301 g/mol. The lowest BCUT2D eigenvalue weighted by Crippen LogP contribution is -2.32. The highest BCUT2D eigenvalue weighted by Crippen LogP contribution is 2.33. The largest absolute Gasteiger partial charge is 0.395 e. The first-order valence-corrected chi connectivity index (χ1v) is 7.12. The molecule has 1 aromatic carbocycles. The number of aliphatic hydroxyl groups is 1. The van der Waals surface area contributed by atoms with E-state index in [-0.39, 0.29) is 17.3 Å². The van der Waals surface area contributed by atoms with Gasteiger partial charge >= 0.3 is 0 Å². The molecule has 0 radical (unpaired) electrons. The van der Waals surface area contributed by atoms with E-state index in [1.807, 2.05) is 4.90 Å². The van der Waals surface area contributed by atoms with Gasteiger partial charge in [0.2, 0.25) is 0 Å². The Morgan fingerprint density at radius 2 is 2.10 bits per heavy atom. The van der Waals surface area contributed by atoms with Crippen LogP contribution in [0, 0.1) is 15.9 Å². The molecule has 1 saturated heterocycles. The van der Waals surface area contributed by atoms with E-state index >= 15 is 0 Å². The van der Waals surface area contributed by atoms with Crippen LogP contribution < -0.4 is 4.90 Å².